The van der Waals surface area contributed by atoms with Gasteiger partial charge in [-0.15, -0.1) is 0 Å². The Morgan fingerprint density at radius 2 is 1.95 bits per heavy atom. The van der Waals surface area contributed by atoms with Crippen molar-refractivity contribution < 1.29 is 0 Å². The molecule has 2 saturated carbocycles. The molecule has 3 heteroatoms. The van der Waals surface area contributed by atoms with E-state index in [1.807, 2.05) is 0 Å². The topological polar surface area (TPSA) is 39.1 Å². The molecule has 0 bridgehead atoms. The molecule has 2 rings (SSSR count). The van der Waals surface area contributed by atoms with Crippen LogP contribution in [0, 0.1) is 17.2 Å². The van der Waals surface area contributed by atoms with Crippen LogP contribution in [0.4, 0.5) is 0 Å². The first kappa shape index (κ1) is 15.8. The third kappa shape index (κ3) is 4.75. The lowest BCUT2D eigenvalue weighted by Crippen LogP contribution is -2.45. The van der Waals surface area contributed by atoms with E-state index in [2.05, 4.69) is 30.3 Å². The number of hydrogen-bond acceptors (Lipinski definition) is 3. The fraction of sp³-hybridized carbons (Fsp3) is 0.941. The van der Waals surface area contributed by atoms with Crippen LogP contribution in [-0.4, -0.2) is 36.6 Å². The van der Waals surface area contributed by atoms with Gasteiger partial charge in [-0.1, -0.05) is 19.8 Å². The van der Waals surface area contributed by atoms with Gasteiger partial charge in [0.15, 0.2) is 0 Å². The fourth-order valence-corrected chi connectivity index (χ4v) is 3.51. The van der Waals surface area contributed by atoms with E-state index in [4.69, 9.17) is 0 Å². The van der Waals surface area contributed by atoms with Gasteiger partial charge in [0, 0.05) is 12.6 Å². The van der Waals surface area contributed by atoms with E-state index in [1.54, 1.807) is 0 Å². The molecule has 0 aliphatic heterocycles. The second-order valence-electron chi connectivity index (χ2n) is 6.98. The van der Waals surface area contributed by atoms with Crippen molar-refractivity contribution in [3.63, 3.8) is 0 Å². The maximum atomic E-state index is 9.52. The minimum Gasteiger partial charge on any atom is -0.306 e. The van der Waals surface area contributed by atoms with E-state index in [-0.39, 0.29) is 5.54 Å². The predicted octanol–water partition coefficient (Wildman–Crippen LogP) is 3.31. The van der Waals surface area contributed by atoms with Gasteiger partial charge in [-0.25, -0.2) is 0 Å². The molecule has 20 heavy (non-hydrogen) atoms. The lowest BCUT2D eigenvalue weighted by molar-refractivity contribution is 0.257. The second-order valence-corrected chi connectivity index (χ2v) is 6.98. The molecular formula is C17H31N3. The first-order valence-electron chi connectivity index (χ1n) is 8.55. The van der Waals surface area contributed by atoms with Crippen LogP contribution in [0.5, 0.6) is 0 Å². The Bertz CT molecular complexity index is 326. The Labute approximate surface area is 124 Å². The Kier molecular flexibility index (Phi) is 5.86. The molecule has 1 N–H and O–H groups in total. The summed E-state index contributed by atoms with van der Waals surface area (Å²) >= 11 is 0. The average Bonchev–Trinajstić information content (AvgIpc) is 3.11. The highest BCUT2D eigenvalue weighted by molar-refractivity contribution is 5.09. The van der Waals surface area contributed by atoms with E-state index < -0.39 is 0 Å². The van der Waals surface area contributed by atoms with Gasteiger partial charge in [-0.2, -0.15) is 5.26 Å². The molecule has 0 aromatic heterocycles. The van der Waals surface area contributed by atoms with Crippen LogP contribution in [-0.2, 0) is 0 Å². The van der Waals surface area contributed by atoms with Gasteiger partial charge in [0.1, 0.15) is 5.54 Å². The Morgan fingerprint density at radius 3 is 2.50 bits per heavy atom. The van der Waals surface area contributed by atoms with Gasteiger partial charge >= 0.3 is 0 Å². The molecule has 0 saturated heterocycles. The zero-order valence-electron chi connectivity index (χ0n) is 13.3. The zero-order valence-corrected chi connectivity index (χ0v) is 13.3. The van der Waals surface area contributed by atoms with Crippen molar-refractivity contribution >= 4 is 0 Å². The normalized spacial score (nSPS) is 22.9. The number of hydrogen-bond donors (Lipinski definition) is 1. The molecule has 2 aliphatic carbocycles. The van der Waals surface area contributed by atoms with Gasteiger partial charge < -0.3 is 4.90 Å². The highest BCUT2D eigenvalue weighted by Crippen LogP contribution is 2.27. The van der Waals surface area contributed by atoms with E-state index in [1.165, 1.54) is 45.1 Å². The van der Waals surface area contributed by atoms with E-state index in [0.717, 1.165) is 31.7 Å². The molecule has 114 valence electrons. The van der Waals surface area contributed by atoms with Crippen molar-refractivity contribution in [1.29, 1.82) is 5.26 Å². The van der Waals surface area contributed by atoms with Crippen molar-refractivity contribution in [2.75, 3.05) is 20.1 Å². The summed E-state index contributed by atoms with van der Waals surface area (Å²) in [6.45, 7) is 4.52. The van der Waals surface area contributed by atoms with Gasteiger partial charge in [0.2, 0.25) is 0 Å². The highest BCUT2D eigenvalue weighted by atomic mass is 15.1. The smallest absolute Gasteiger partial charge is 0.106 e. The van der Waals surface area contributed by atoms with Crippen molar-refractivity contribution in [2.45, 2.75) is 76.3 Å². The average molecular weight is 277 g/mol. The number of nitrogens with one attached hydrogen (secondary N) is 1. The maximum absolute atomic E-state index is 9.52. The molecule has 0 aromatic rings. The Hall–Kier alpha value is -0.590. The van der Waals surface area contributed by atoms with Crippen molar-refractivity contribution in [3.8, 4) is 6.07 Å². The minimum absolute atomic E-state index is 0.268. The van der Waals surface area contributed by atoms with Crippen LogP contribution in [0.1, 0.15) is 64.7 Å². The van der Waals surface area contributed by atoms with Crippen LogP contribution in [0.3, 0.4) is 0 Å². The molecule has 0 amide bonds. The number of nitrogens with zero attached hydrogens (tertiary/aromatic N) is 2. The summed E-state index contributed by atoms with van der Waals surface area (Å²) in [4.78, 5) is 2.48. The Morgan fingerprint density at radius 1 is 1.25 bits per heavy atom. The summed E-state index contributed by atoms with van der Waals surface area (Å²) in [6, 6.07) is 3.17. The summed E-state index contributed by atoms with van der Waals surface area (Å²) in [5.74, 6) is 0.927. The standard InChI is InChI=1S/C17H31N3/c1-3-17(14-18,19-16-9-10-16)11-6-12-20(2)13-15-7-4-5-8-15/h15-16,19H,3-13H2,1-2H3. The van der Waals surface area contributed by atoms with E-state index in [9.17, 15) is 5.26 Å². The van der Waals surface area contributed by atoms with Crippen molar-refractivity contribution in [1.82, 2.24) is 10.2 Å². The molecule has 0 spiro atoms. The van der Waals surface area contributed by atoms with Gasteiger partial charge in [0.25, 0.3) is 0 Å². The van der Waals surface area contributed by atoms with Gasteiger partial charge in [-0.3, -0.25) is 5.32 Å². The third-order valence-corrected chi connectivity index (χ3v) is 5.06. The summed E-state index contributed by atoms with van der Waals surface area (Å²) in [6.07, 6.45) is 11.3. The lowest BCUT2D eigenvalue weighted by atomic mass is 9.91. The molecule has 2 aliphatic rings. The van der Waals surface area contributed by atoms with Crippen molar-refractivity contribution in [3.05, 3.63) is 0 Å². The summed E-state index contributed by atoms with van der Waals surface area (Å²) < 4.78 is 0. The maximum Gasteiger partial charge on any atom is 0.106 e. The first-order valence-corrected chi connectivity index (χ1v) is 8.55. The number of rotatable bonds is 9. The third-order valence-electron chi connectivity index (χ3n) is 5.06. The van der Waals surface area contributed by atoms with E-state index >= 15 is 0 Å². The molecule has 0 radical (unpaired) electrons. The summed E-state index contributed by atoms with van der Waals surface area (Å²) in [5.41, 5.74) is -0.268. The molecule has 0 heterocycles. The van der Waals surface area contributed by atoms with Crippen LogP contribution in [0.15, 0.2) is 0 Å². The summed E-state index contributed by atoms with van der Waals surface area (Å²) in [5, 5.41) is 13.1. The quantitative estimate of drug-likeness (QED) is 0.703. The lowest BCUT2D eigenvalue weighted by Gasteiger charge is -2.28. The van der Waals surface area contributed by atoms with Crippen LogP contribution in [0.25, 0.3) is 0 Å². The molecule has 1 unspecified atom stereocenters. The van der Waals surface area contributed by atoms with Gasteiger partial charge in [0.05, 0.1) is 6.07 Å². The number of nitriles is 1. The monoisotopic (exact) mass is 277 g/mol. The van der Waals surface area contributed by atoms with Crippen molar-refractivity contribution in [2.24, 2.45) is 5.92 Å². The van der Waals surface area contributed by atoms with Gasteiger partial charge in [-0.05, 0) is 64.5 Å². The second kappa shape index (κ2) is 7.43. The largest absolute Gasteiger partial charge is 0.306 e. The Balaban J connectivity index is 1.67. The predicted molar refractivity (Wildman–Crippen MR) is 83.5 cm³/mol. The van der Waals surface area contributed by atoms with E-state index in [0.29, 0.717) is 6.04 Å². The SMILES string of the molecule is CCC(C#N)(CCCN(C)CC1CCCC1)NC1CC1. The zero-order chi connectivity index (χ0) is 14.4. The first-order chi connectivity index (χ1) is 9.67. The molecular weight excluding hydrogens is 246 g/mol. The molecule has 0 aromatic carbocycles. The molecule has 1 atom stereocenters. The molecule has 3 nitrogen and oxygen atoms in total. The van der Waals surface area contributed by atoms with Crippen LogP contribution in [0.2, 0.25) is 0 Å². The molecule has 2 fully saturated rings. The fourth-order valence-electron chi connectivity index (χ4n) is 3.51. The summed E-state index contributed by atoms with van der Waals surface area (Å²) in [7, 11) is 2.24. The highest BCUT2D eigenvalue weighted by Gasteiger charge is 2.34. The minimum atomic E-state index is -0.268. The van der Waals surface area contributed by atoms with Crippen LogP contribution < -0.4 is 5.32 Å². The van der Waals surface area contributed by atoms with Crippen LogP contribution >= 0.6 is 0 Å².